The van der Waals surface area contributed by atoms with E-state index in [2.05, 4.69) is 76.8 Å². The van der Waals surface area contributed by atoms with E-state index < -0.39 is 5.97 Å². The molecule has 24 heavy (non-hydrogen) atoms. The van der Waals surface area contributed by atoms with Crippen molar-refractivity contribution in [2.45, 2.75) is 93.4 Å². The Balaban J connectivity index is 5.59. The van der Waals surface area contributed by atoms with Crippen molar-refractivity contribution < 1.29 is 9.53 Å². The van der Waals surface area contributed by atoms with E-state index in [1.54, 1.807) is 0 Å². The van der Waals surface area contributed by atoms with E-state index in [0.717, 1.165) is 0 Å². The molecule has 0 bridgehead atoms. The summed E-state index contributed by atoms with van der Waals surface area (Å²) in [5, 5.41) is 0. The maximum absolute atomic E-state index is 11.9. The van der Waals surface area contributed by atoms with Gasteiger partial charge in [-0.05, 0) is 30.1 Å². The first-order valence-corrected chi connectivity index (χ1v) is 9.22. The highest BCUT2D eigenvalue weighted by Crippen LogP contribution is 2.16. The molecular weight excluding hydrogens is 299 g/mol. The van der Waals surface area contributed by atoms with Crippen molar-refractivity contribution >= 4 is 13.0 Å². The number of carbonyl (C=O) groups is 1. The second-order valence-corrected chi connectivity index (χ2v) is 7.90. The predicted molar refractivity (Wildman–Crippen MR) is 104 cm³/mol. The minimum absolute atomic E-state index is 0.114. The van der Waals surface area contributed by atoms with E-state index in [-0.39, 0.29) is 6.98 Å². The lowest BCUT2D eigenvalue weighted by Crippen LogP contribution is -2.61. The summed E-state index contributed by atoms with van der Waals surface area (Å²) in [6.07, 6.45) is 0. The average Bonchev–Trinajstić information content (AvgIpc) is 2.40. The first-order valence-electron chi connectivity index (χ1n) is 9.22. The normalized spacial score (nSPS) is 11.9. The SMILES string of the molecule is CC(C)COC(=O)C#CB(N(C(C)C)C(C)C)N(C(C)C)C(C)C. The molecule has 0 amide bonds. The van der Waals surface area contributed by atoms with Gasteiger partial charge in [-0.3, -0.25) is 0 Å². The lowest BCUT2D eigenvalue weighted by Gasteiger charge is -2.42. The monoisotopic (exact) mass is 336 g/mol. The van der Waals surface area contributed by atoms with Crippen LogP contribution in [0.3, 0.4) is 0 Å². The number of rotatable bonds is 8. The summed E-state index contributed by atoms with van der Waals surface area (Å²) in [4.78, 5) is 16.6. The van der Waals surface area contributed by atoms with E-state index in [0.29, 0.717) is 36.7 Å². The first kappa shape index (κ1) is 23.0. The van der Waals surface area contributed by atoms with Crippen LogP contribution < -0.4 is 0 Å². The molecule has 0 aliphatic carbocycles. The Hall–Kier alpha value is -0.985. The fourth-order valence-electron chi connectivity index (χ4n) is 3.03. The zero-order valence-corrected chi connectivity index (χ0v) is 17.4. The van der Waals surface area contributed by atoms with Crippen molar-refractivity contribution in [3.8, 4) is 11.7 Å². The van der Waals surface area contributed by atoms with Crippen molar-refractivity contribution in [2.24, 2.45) is 5.92 Å². The standard InChI is InChI=1S/C19H37BN2O2/c1-14(2)13-24-19(23)11-12-20(21(15(3)4)16(5)6)22(17(7)8)18(9)10/h14-18H,13H2,1-10H3. The van der Waals surface area contributed by atoms with Gasteiger partial charge < -0.3 is 14.4 Å². The van der Waals surface area contributed by atoms with Gasteiger partial charge in [0.2, 0.25) is 0 Å². The van der Waals surface area contributed by atoms with Crippen LogP contribution in [0.4, 0.5) is 0 Å². The highest BCUT2D eigenvalue weighted by atomic mass is 16.5. The highest BCUT2D eigenvalue weighted by molar-refractivity contribution is 6.62. The fourth-order valence-corrected chi connectivity index (χ4v) is 3.03. The summed E-state index contributed by atoms with van der Waals surface area (Å²) >= 11 is 0. The molecule has 0 aromatic rings. The van der Waals surface area contributed by atoms with Crippen LogP contribution in [0, 0.1) is 17.7 Å². The summed E-state index contributed by atoms with van der Waals surface area (Å²) in [5.74, 6) is 5.80. The Morgan fingerprint density at radius 2 is 1.21 bits per heavy atom. The van der Waals surface area contributed by atoms with Crippen LogP contribution >= 0.6 is 0 Å². The summed E-state index contributed by atoms with van der Waals surface area (Å²) < 4.78 is 5.21. The van der Waals surface area contributed by atoms with E-state index >= 15 is 0 Å². The van der Waals surface area contributed by atoms with Gasteiger partial charge in [0, 0.05) is 5.92 Å². The molecule has 0 saturated carbocycles. The van der Waals surface area contributed by atoms with Crippen LogP contribution in [0.15, 0.2) is 0 Å². The second-order valence-electron chi connectivity index (χ2n) is 7.90. The summed E-state index contributed by atoms with van der Waals surface area (Å²) in [5.41, 5.74) is 0. The molecule has 0 spiro atoms. The molecule has 0 atom stereocenters. The molecule has 0 rings (SSSR count). The van der Waals surface area contributed by atoms with Crippen molar-refractivity contribution in [1.29, 1.82) is 0 Å². The van der Waals surface area contributed by atoms with E-state index in [4.69, 9.17) is 4.74 Å². The molecule has 0 aliphatic rings. The molecule has 138 valence electrons. The Labute approximate surface area is 150 Å². The maximum Gasteiger partial charge on any atom is 0.401 e. The van der Waals surface area contributed by atoms with Gasteiger partial charge in [0.25, 0.3) is 0 Å². The fraction of sp³-hybridized carbons (Fsp3) is 0.842. The number of esters is 1. The smallest absolute Gasteiger partial charge is 0.401 e. The molecule has 5 heteroatoms. The zero-order valence-electron chi connectivity index (χ0n) is 17.4. The molecule has 0 heterocycles. The van der Waals surface area contributed by atoms with Crippen LogP contribution in [-0.2, 0) is 9.53 Å². The molecule has 0 fully saturated rings. The van der Waals surface area contributed by atoms with E-state index in [9.17, 15) is 4.79 Å². The van der Waals surface area contributed by atoms with Gasteiger partial charge in [0.15, 0.2) is 0 Å². The number of nitrogens with zero attached hydrogens (tertiary/aromatic N) is 2. The van der Waals surface area contributed by atoms with Gasteiger partial charge >= 0.3 is 13.0 Å². The van der Waals surface area contributed by atoms with Crippen LogP contribution in [0.5, 0.6) is 0 Å². The number of hydrogen-bond acceptors (Lipinski definition) is 4. The Morgan fingerprint density at radius 1 is 0.833 bits per heavy atom. The third-order valence-electron chi connectivity index (χ3n) is 3.80. The van der Waals surface area contributed by atoms with Crippen LogP contribution in [-0.4, -0.2) is 53.3 Å². The quantitative estimate of drug-likeness (QED) is 0.386. The number of hydrogen-bond donors (Lipinski definition) is 0. The third-order valence-corrected chi connectivity index (χ3v) is 3.80. The van der Waals surface area contributed by atoms with Gasteiger partial charge in [-0.25, -0.2) is 4.79 Å². The average molecular weight is 336 g/mol. The van der Waals surface area contributed by atoms with Gasteiger partial charge in [-0.15, -0.1) is 5.82 Å². The summed E-state index contributed by atoms with van der Waals surface area (Å²) in [6.45, 7) is 21.7. The minimum atomic E-state index is -0.436. The zero-order chi connectivity index (χ0) is 19.0. The molecule has 0 radical (unpaired) electrons. The number of ether oxygens (including phenoxy) is 1. The van der Waals surface area contributed by atoms with Gasteiger partial charge in [0.05, 0.1) is 6.61 Å². The van der Waals surface area contributed by atoms with E-state index in [1.165, 1.54) is 0 Å². The molecule has 0 N–H and O–H groups in total. The summed E-state index contributed by atoms with van der Waals surface area (Å²) in [6, 6.07) is 1.32. The third kappa shape index (κ3) is 7.72. The van der Waals surface area contributed by atoms with Crippen molar-refractivity contribution in [3.63, 3.8) is 0 Å². The van der Waals surface area contributed by atoms with Gasteiger partial charge in [-0.1, -0.05) is 69.2 Å². The van der Waals surface area contributed by atoms with Crippen LogP contribution in [0.25, 0.3) is 0 Å². The molecule has 0 unspecified atom stereocenters. The lowest BCUT2D eigenvalue weighted by atomic mass is 9.68. The molecule has 0 aromatic carbocycles. The van der Waals surface area contributed by atoms with Gasteiger partial charge in [-0.2, -0.15) is 0 Å². The Kier molecular flexibility index (Phi) is 10.3. The molecule has 0 aliphatic heterocycles. The molecule has 0 aromatic heterocycles. The minimum Gasteiger partial charge on any atom is -0.456 e. The first-order chi connectivity index (χ1) is 11.0. The van der Waals surface area contributed by atoms with Crippen molar-refractivity contribution in [3.05, 3.63) is 0 Å². The van der Waals surface area contributed by atoms with Crippen LogP contribution in [0.2, 0.25) is 0 Å². The topological polar surface area (TPSA) is 32.8 Å². The van der Waals surface area contributed by atoms with Crippen molar-refractivity contribution in [1.82, 2.24) is 9.62 Å². The summed E-state index contributed by atoms with van der Waals surface area (Å²) in [7, 11) is 0. The molecule has 0 saturated heterocycles. The van der Waals surface area contributed by atoms with Crippen molar-refractivity contribution in [2.75, 3.05) is 6.61 Å². The predicted octanol–water partition coefficient (Wildman–Crippen LogP) is 3.45. The molecule has 4 nitrogen and oxygen atoms in total. The Morgan fingerprint density at radius 3 is 1.50 bits per heavy atom. The second kappa shape index (κ2) is 10.8. The maximum atomic E-state index is 11.9. The largest absolute Gasteiger partial charge is 0.456 e. The Bertz CT molecular complexity index is 400. The van der Waals surface area contributed by atoms with Gasteiger partial charge in [0.1, 0.15) is 0 Å². The lowest BCUT2D eigenvalue weighted by molar-refractivity contribution is -0.137. The van der Waals surface area contributed by atoms with Crippen LogP contribution in [0.1, 0.15) is 69.2 Å². The number of carbonyl (C=O) groups excluding carboxylic acids is 1. The highest BCUT2D eigenvalue weighted by Gasteiger charge is 2.36. The molecular formula is C19H37BN2O2. The van der Waals surface area contributed by atoms with E-state index in [1.807, 2.05) is 13.8 Å².